The van der Waals surface area contributed by atoms with Crippen molar-refractivity contribution in [3.05, 3.63) is 29.8 Å². The third kappa shape index (κ3) is 5.02. The Kier molecular flexibility index (Phi) is 6.02. The third-order valence-corrected chi connectivity index (χ3v) is 3.94. The summed E-state index contributed by atoms with van der Waals surface area (Å²) in [5, 5.41) is 0. The van der Waals surface area contributed by atoms with E-state index in [4.69, 9.17) is 16.2 Å². The zero-order chi connectivity index (χ0) is 15.1. The molecular weight excluding hydrogens is 266 g/mol. The molecule has 1 atom stereocenters. The normalized spacial score (nSPS) is 19.4. The van der Waals surface area contributed by atoms with Gasteiger partial charge in [-0.25, -0.2) is 0 Å². The largest absolute Gasteiger partial charge is 0.484 e. The maximum Gasteiger partial charge on any atom is 0.255 e. The number of piperidine rings is 1. The number of amides is 1. The van der Waals surface area contributed by atoms with Gasteiger partial charge in [0, 0.05) is 12.6 Å². The van der Waals surface area contributed by atoms with E-state index in [9.17, 15) is 4.79 Å². The van der Waals surface area contributed by atoms with Crippen LogP contribution in [-0.2, 0) is 11.3 Å². The van der Waals surface area contributed by atoms with E-state index in [0.717, 1.165) is 26.1 Å². The second kappa shape index (κ2) is 8.00. The molecule has 0 bridgehead atoms. The van der Waals surface area contributed by atoms with Crippen LogP contribution in [0.2, 0.25) is 0 Å². The number of hydrogen-bond donors (Lipinski definition) is 2. The quantitative estimate of drug-likeness (QED) is 0.792. The van der Waals surface area contributed by atoms with Crippen molar-refractivity contribution in [1.82, 2.24) is 4.90 Å². The van der Waals surface area contributed by atoms with Crippen molar-refractivity contribution in [3.8, 4) is 5.75 Å². The van der Waals surface area contributed by atoms with Gasteiger partial charge in [0.25, 0.3) is 5.91 Å². The molecule has 1 saturated heterocycles. The molecule has 116 valence electrons. The minimum atomic E-state index is -0.461. The molecule has 5 heteroatoms. The molecule has 1 amide bonds. The lowest BCUT2D eigenvalue weighted by atomic mass is 9.98. The minimum Gasteiger partial charge on any atom is -0.484 e. The number of carbonyl (C=O) groups excluding carboxylic acids is 1. The monoisotopic (exact) mass is 291 g/mol. The van der Waals surface area contributed by atoms with Crippen LogP contribution in [-0.4, -0.2) is 36.5 Å². The maximum atomic E-state index is 10.7. The average molecular weight is 291 g/mol. The van der Waals surface area contributed by atoms with Crippen molar-refractivity contribution in [3.63, 3.8) is 0 Å². The maximum absolute atomic E-state index is 10.7. The van der Waals surface area contributed by atoms with Crippen molar-refractivity contribution in [2.75, 3.05) is 19.7 Å². The second-order valence-electron chi connectivity index (χ2n) is 5.60. The molecule has 1 aliphatic rings. The van der Waals surface area contributed by atoms with Crippen molar-refractivity contribution < 1.29 is 9.53 Å². The molecule has 1 aromatic carbocycles. The molecule has 1 fully saturated rings. The molecule has 1 heterocycles. The Morgan fingerprint density at radius 2 is 2.05 bits per heavy atom. The van der Waals surface area contributed by atoms with Gasteiger partial charge in [0.2, 0.25) is 0 Å². The Labute approximate surface area is 126 Å². The standard InChI is InChI=1S/C16H25N3O2/c17-9-8-14-3-1-2-10-19(14)11-13-4-6-15(7-5-13)21-12-16(18)20/h4-7,14H,1-3,8-12,17H2,(H2,18,20). The molecule has 5 nitrogen and oxygen atoms in total. The summed E-state index contributed by atoms with van der Waals surface area (Å²) in [4.78, 5) is 13.2. The van der Waals surface area contributed by atoms with Gasteiger partial charge in [0.1, 0.15) is 5.75 Å². The van der Waals surface area contributed by atoms with E-state index < -0.39 is 5.91 Å². The predicted octanol–water partition coefficient (Wildman–Crippen LogP) is 1.25. The van der Waals surface area contributed by atoms with Crippen molar-refractivity contribution in [2.24, 2.45) is 11.5 Å². The van der Waals surface area contributed by atoms with Gasteiger partial charge in [-0.3, -0.25) is 9.69 Å². The van der Waals surface area contributed by atoms with E-state index in [1.54, 1.807) is 0 Å². The number of primary amides is 1. The van der Waals surface area contributed by atoms with Crippen molar-refractivity contribution >= 4 is 5.91 Å². The highest BCUT2D eigenvalue weighted by Gasteiger charge is 2.21. The summed E-state index contributed by atoms with van der Waals surface area (Å²) in [6, 6.07) is 8.48. The first-order valence-corrected chi connectivity index (χ1v) is 7.63. The van der Waals surface area contributed by atoms with Crippen LogP contribution in [0.3, 0.4) is 0 Å². The average Bonchev–Trinajstić information content (AvgIpc) is 2.49. The van der Waals surface area contributed by atoms with Crippen LogP contribution in [0.4, 0.5) is 0 Å². The number of nitrogens with two attached hydrogens (primary N) is 2. The summed E-state index contributed by atoms with van der Waals surface area (Å²) in [7, 11) is 0. The molecule has 0 aliphatic carbocycles. The molecular formula is C16H25N3O2. The zero-order valence-electron chi connectivity index (χ0n) is 12.5. The van der Waals surface area contributed by atoms with E-state index in [2.05, 4.69) is 4.90 Å². The lowest BCUT2D eigenvalue weighted by Crippen LogP contribution is -2.40. The van der Waals surface area contributed by atoms with Crippen LogP contribution in [0, 0.1) is 0 Å². The SMILES string of the molecule is NCCC1CCCCN1Cc1ccc(OCC(N)=O)cc1. The smallest absolute Gasteiger partial charge is 0.255 e. The second-order valence-corrected chi connectivity index (χ2v) is 5.60. The molecule has 2 rings (SSSR count). The highest BCUT2D eigenvalue weighted by molar-refractivity contribution is 5.75. The zero-order valence-corrected chi connectivity index (χ0v) is 12.5. The number of likely N-dealkylation sites (tertiary alicyclic amines) is 1. The predicted molar refractivity (Wildman–Crippen MR) is 82.9 cm³/mol. The van der Waals surface area contributed by atoms with Crippen LogP contribution in [0.25, 0.3) is 0 Å². The number of nitrogens with zero attached hydrogens (tertiary/aromatic N) is 1. The first-order chi connectivity index (χ1) is 10.2. The van der Waals surface area contributed by atoms with Gasteiger partial charge in [0.05, 0.1) is 0 Å². The van der Waals surface area contributed by atoms with Gasteiger partial charge in [-0.2, -0.15) is 0 Å². The van der Waals surface area contributed by atoms with Crippen LogP contribution in [0.15, 0.2) is 24.3 Å². The number of carbonyl (C=O) groups is 1. The van der Waals surface area contributed by atoms with E-state index in [-0.39, 0.29) is 6.61 Å². The number of hydrogen-bond acceptors (Lipinski definition) is 4. The summed E-state index contributed by atoms with van der Waals surface area (Å²) < 4.78 is 5.27. The summed E-state index contributed by atoms with van der Waals surface area (Å²) in [6.45, 7) is 2.76. The van der Waals surface area contributed by atoms with E-state index in [1.165, 1.54) is 24.8 Å². The minimum absolute atomic E-state index is 0.0793. The Bertz CT molecular complexity index is 445. The lowest BCUT2D eigenvalue weighted by Gasteiger charge is -2.35. The van der Waals surface area contributed by atoms with Gasteiger partial charge in [0.15, 0.2) is 6.61 Å². The van der Waals surface area contributed by atoms with Gasteiger partial charge < -0.3 is 16.2 Å². The summed E-state index contributed by atoms with van der Waals surface area (Å²) in [6.07, 6.45) is 4.89. The van der Waals surface area contributed by atoms with E-state index >= 15 is 0 Å². The van der Waals surface area contributed by atoms with Gasteiger partial charge in [-0.05, 0) is 50.0 Å². The van der Waals surface area contributed by atoms with E-state index in [0.29, 0.717) is 11.8 Å². The highest BCUT2D eigenvalue weighted by Crippen LogP contribution is 2.22. The molecule has 1 aliphatic heterocycles. The van der Waals surface area contributed by atoms with Crippen molar-refractivity contribution in [2.45, 2.75) is 38.3 Å². The molecule has 0 spiro atoms. The van der Waals surface area contributed by atoms with Gasteiger partial charge in [-0.15, -0.1) is 0 Å². The summed E-state index contributed by atoms with van der Waals surface area (Å²) in [5.74, 6) is 0.215. The lowest BCUT2D eigenvalue weighted by molar-refractivity contribution is -0.119. The molecule has 1 aromatic rings. The molecule has 4 N–H and O–H groups in total. The molecule has 1 unspecified atom stereocenters. The Hall–Kier alpha value is -1.59. The topological polar surface area (TPSA) is 81.6 Å². The number of rotatable bonds is 7. The fourth-order valence-corrected chi connectivity index (χ4v) is 2.87. The first-order valence-electron chi connectivity index (χ1n) is 7.63. The molecule has 0 radical (unpaired) electrons. The van der Waals surface area contributed by atoms with Crippen LogP contribution < -0.4 is 16.2 Å². The Morgan fingerprint density at radius 1 is 1.29 bits per heavy atom. The molecule has 21 heavy (non-hydrogen) atoms. The van der Waals surface area contributed by atoms with Gasteiger partial charge >= 0.3 is 0 Å². The summed E-state index contributed by atoms with van der Waals surface area (Å²) in [5.41, 5.74) is 12.0. The number of ether oxygens (including phenoxy) is 1. The van der Waals surface area contributed by atoms with Gasteiger partial charge in [-0.1, -0.05) is 18.6 Å². The number of benzene rings is 1. The Morgan fingerprint density at radius 3 is 2.71 bits per heavy atom. The molecule has 0 aromatic heterocycles. The Balaban J connectivity index is 1.90. The van der Waals surface area contributed by atoms with Crippen LogP contribution >= 0.6 is 0 Å². The molecule has 0 saturated carbocycles. The first kappa shape index (κ1) is 15.8. The van der Waals surface area contributed by atoms with E-state index in [1.807, 2.05) is 24.3 Å². The van der Waals surface area contributed by atoms with Crippen LogP contribution in [0.1, 0.15) is 31.2 Å². The highest BCUT2D eigenvalue weighted by atomic mass is 16.5. The fourth-order valence-electron chi connectivity index (χ4n) is 2.87. The third-order valence-electron chi connectivity index (χ3n) is 3.94. The fraction of sp³-hybridized carbons (Fsp3) is 0.562. The summed E-state index contributed by atoms with van der Waals surface area (Å²) >= 11 is 0. The van der Waals surface area contributed by atoms with Crippen LogP contribution in [0.5, 0.6) is 5.75 Å². The van der Waals surface area contributed by atoms with Crippen molar-refractivity contribution in [1.29, 1.82) is 0 Å².